The van der Waals surface area contributed by atoms with Crippen LogP contribution in [0.2, 0.25) is 0 Å². The molecule has 88 valence electrons. The second-order valence-electron chi connectivity index (χ2n) is 4.47. The lowest BCUT2D eigenvalue weighted by atomic mass is 10.1. The Morgan fingerprint density at radius 2 is 2.50 bits per heavy atom. The molecule has 16 heavy (non-hydrogen) atoms. The maximum Gasteiger partial charge on any atom is 0.297 e. The molecule has 0 spiro atoms. The fraction of sp³-hybridized carbons (Fsp3) is 0.636. The standard InChI is InChI=1S/C11H17N3O2/c1-8(2)6-9-7-10(13-12-9)11(15)14-4-3-5-16-14/h7-8H,3-6H2,1-2H3,(H,12,13). The van der Waals surface area contributed by atoms with Gasteiger partial charge in [-0.2, -0.15) is 5.10 Å². The molecular weight excluding hydrogens is 206 g/mol. The lowest BCUT2D eigenvalue weighted by molar-refractivity contribution is -0.0771. The third-order valence-electron chi connectivity index (χ3n) is 2.46. The highest BCUT2D eigenvalue weighted by molar-refractivity contribution is 5.91. The summed E-state index contributed by atoms with van der Waals surface area (Å²) in [6.07, 6.45) is 1.80. The van der Waals surface area contributed by atoms with Crippen LogP contribution in [0.25, 0.3) is 0 Å². The molecule has 0 unspecified atom stereocenters. The monoisotopic (exact) mass is 223 g/mol. The maximum atomic E-state index is 11.9. The second-order valence-corrected chi connectivity index (χ2v) is 4.47. The van der Waals surface area contributed by atoms with Gasteiger partial charge in [-0.1, -0.05) is 13.8 Å². The van der Waals surface area contributed by atoms with Crippen LogP contribution in [0.1, 0.15) is 36.5 Å². The molecule has 0 radical (unpaired) electrons. The molecule has 1 aromatic rings. The van der Waals surface area contributed by atoms with Gasteiger partial charge >= 0.3 is 0 Å². The number of hydroxylamine groups is 2. The maximum absolute atomic E-state index is 11.9. The molecule has 1 saturated heterocycles. The number of carbonyl (C=O) groups is 1. The first-order valence-electron chi connectivity index (χ1n) is 5.66. The van der Waals surface area contributed by atoms with Gasteiger partial charge in [-0.05, 0) is 24.8 Å². The normalized spacial score (nSPS) is 16.1. The van der Waals surface area contributed by atoms with Crippen LogP contribution in [0.3, 0.4) is 0 Å². The molecule has 0 aliphatic carbocycles. The minimum absolute atomic E-state index is 0.149. The van der Waals surface area contributed by atoms with Crippen LogP contribution in [-0.2, 0) is 11.3 Å². The second kappa shape index (κ2) is 4.65. The molecule has 0 bridgehead atoms. The van der Waals surface area contributed by atoms with Gasteiger partial charge in [-0.25, -0.2) is 5.06 Å². The summed E-state index contributed by atoms with van der Waals surface area (Å²) in [5, 5.41) is 8.29. The highest BCUT2D eigenvalue weighted by atomic mass is 16.7. The van der Waals surface area contributed by atoms with E-state index in [1.165, 1.54) is 5.06 Å². The van der Waals surface area contributed by atoms with E-state index in [9.17, 15) is 4.79 Å². The van der Waals surface area contributed by atoms with Crippen molar-refractivity contribution in [2.45, 2.75) is 26.7 Å². The molecule has 0 saturated carbocycles. The quantitative estimate of drug-likeness (QED) is 0.842. The first-order chi connectivity index (χ1) is 7.66. The van der Waals surface area contributed by atoms with Crippen molar-refractivity contribution in [3.63, 3.8) is 0 Å². The van der Waals surface area contributed by atoms with Gasteiger partial charge in [0.25, 0.3) is 5.91 Å². The molecule has 2 heterocycles. The molecule has 1 amide bonds. The molecule has 5 nitrogen and oxygen atoms in total. The van der Waals surface area contributed by atoms with Crippen molar-refractivity contribution in [1.29, 1.82) is 0 Å². The number of hydrogen-bond donors (Lipinski definition) is 1. The summed E-state index contributed by atoms with van der Waals surface area (Å²) in [5.74, 6) is 0.398. The van der Waals surface area contributed by atoms with E-state index in [4.69, 9.17) is 4.84 Å². The van der Waals surface area contributed by atoms with E-state index in [1.54, 1.807) is 0 Å². The van der Waals surface area contributed by atoms with E-state index in [-0.39, 0.29) is 5.91 Å². The number of nitrogens with one attached hydrogen (secondary N) is 1. The predicted molar refractivity (Wildman–Crippen MR) is 58.7 cm³/mol. The molecule has 1 aliphatic rings. The molecule has 1 N–H and O–H groups in total. The Hall–Kier alpha value is -1.36. The zero-order valence-electron chi connectivity index (χ0n) is 9.69. The molecule has 2 rings (SSSR count). The van der Waals surface area contributed by atoms with Gasteiger partial charge in [0.05, 0.1) is 13.2 Å². The number of carbonyl (C=O) groups excluding carboxylic acids is 1. The summed E-state index contributed by atoms with van der Waals surface area (Å²) in [7, 11) is 0. The SMILES string of the molecule is CC(C)Cc1cc(C(=O)N2CCCO2)n[nH]1. The van der Waals surface area contributed by atoms with Crippen LogP contribution in [0.15, 0.2) is 6.07 Å². The summed E-state index contributed by atoms with van der Waals surface area (Å²) in [6, 6.07) is 1.81. The zero-order chi connectivity index (χ0) is 11.5. The Balaban J connectivity index is 2.03. The smallest absolute Gasteiger partial charge is 0.282 e. The Labute approximate surface area is 94.7 Å². The van der Waals surface area contributed by atoms with Crippen molar-refractivity contribution in [2.24, 2.45) is 5.92 Å². The summed E-state index contributed by atoms with van der Waals surface area (Å²) >= 11 is 0. The Kier molecular flexibility index (Phi) is 3.24. The summed E-state index contributed by atoms with van der Waals surface area (Å²) in [6.45, 7) is 5.54. The van der Waals surface area contributed by atoms with E-state index >= 15 is 0 Å². The van der Waals surface area contributed by atoms with Crippen LogP contribution >= 0.6 is 0 Å². The first-order valence-corrected chi connectivity index (χ1v) is 5.66. The molecule has 1 fully saturated rings. The molecule has 1 aromatic heterocycles. The molecule has 0 aromatic carbocycles. The lowest BCUT2D eigenvalue weighted by Gasteiger charge is -2.11. The molecule has 0 atom stereocenters. The molecule has 5 heteroatoms. The number of aromatic nitrogens is 2. The van der Waals surface area contributed by atoms with E-state index in [0.29, 0.717) is 24.8 Å². The van der Waals surface area contributed by atoms with E-state index in [2.05, 4.69) is 24.0 Å². The average molecular weight is 223 g/mol. The summed E-state index contributed by atoms with van der Waals surface area (Å²) in [5.41, 5.74) is 1.44. The van der Waals surface area contributed by atoms with Crippen LogP contribution in [0.4, 0.5) is 0 Å². The molecule has 1 aliphatic heterocycles. The van der Waals surface area contributed by atoms with Gasteiger partial charge in [0.15, 0.2) is 5.69 Å². The lowest BCUT2D eigenvalue weighted by Crippen LogP contribution is -2.26. The highest BCUT2D eigenvalue weighted by Gasteiger charge is 2.23. The van der Waals surface area contributed by atoms with Crippen LogP contribution in [-0.4, -0.2) is 34.3 Å². The van der Waals surface area contributed by atoms with Crippen molar-refractivity contribution in [1.82, 2.24) is 15.3 Å². The molecular formula is C11H17N3O2. The van der Waals surface area contributed by atoms with Gasteiger partial charge in [0.2, 0.25) is 0 Å². The van der Waals surface area contributed by atoms with E-state index in [0.717, 1.165) is 18.5 Å². The first kappa shape index (κ1) is 11.1. The van der Waals surface area contributed by atoms with Crippen molar-refractivity contribution in [3.05, 3.63) is 17.5 Å². The van der Waals surface area contributed by atoms with Gasteiger partial charge < -0.3 is 0 Å². The number of H-pyrrole nitrogens is 1. The fourth-order valence-electron chi connectivity index (χ4n) is 1.75. The summed E-state index contributed by atoms with van der Waals surface area (Å²) in [4.78, 5) is 17.1. The van der Waals surface area contributed by atoms with Crippen molar-refractivity contribution in [3.8, 4) is 0 Å². The predicted octanol–water partition coefficient (Wildman–Crippen LogP) is 1.39. The number of hydrogen-bond acceptors (Lipinski definition) is 3. The van der Waals surface area contributed by atoms with Gasteiger partial charge in [-0.15, -0.1) is 0 Å². The van der Waals surface area contributed by atoms with Crippen molar-refractivity contribution >= 4 is 5.91 Å². The summed E-state index contributed by atoms with van der Waals surface area (Å²) < 4.78 is 0. The fourth-order valence-corrected chi connectivity index (χ4v) is 1.75. The minimum atomic E-state index is -0.149. The Bertz CT molecular complexity index is 367. The third kappa shape index (κ3) is 2.41. The van der Waals surface area contributed by atoms with E-state index < -0.39 is 0 Å². The number of nitrogens with zero attached hydrogens (tertiary/aromatic N) is 2. The van der Waals surface area contributed by atoms with Crippen LogP contribution in [0.5, 0.6) is 0 Å². The van der Waals surface area contributed by atoms with Gasteiger partial charge in [-0.3, -0.25) is 14.7 Å². The van der Waals surface area contributed by atoms with Crippen LogP contribution < -0.4 is 0 Å². The largest absolute Gasteiger partial charge is 0.297 e. The van der Waals surface area contributed by atoms with Gasteiger partial charge in [0, 0.05) is 5.69 Å². The topological polar surface area (TPSA) is 58.2 Å². The number of aromatic amines is 1. The highest BCUT2D eigenvalue weighted by Crippen LogP contribution is 2.12. The number of rotatable bonds is 3. The Morgan fingerprint density at radius 1 is 1.69 bits per heavy atom. The third-order valence-corrected chi connectivity index (χ3v) is 2.46. The minimum Gasteiger partial charge on any atom is -0.282 e. The number of amides is 1. The zero-order valence-corrected chi connectivity index (χ0v) is 9.69. The van der Waals surface area contributed by atoms with Gasteiger partial charge in [0.1, 0.15) is 0 Å². The Morgan fingerprint density at radius 3 is 3.12 bits per heavy atom. The van der Waals surface area contributed by atoms with Crippen molar-refractivity contribution < 1.29 is 9.63 Å². The van der Waals surface area contributed by atoms with E-state index in [1.807, 2.05) is 6.07 Å². The van der Waals surface area contributed by atoms with Crippen LogP contribution in [0, 0.1) is 5.92 Å². The van der Waals surface area contributed by atoms with Crippen molar-refractivity contribution in [2.75, 3.05) is 13.2 Å². The average Bonchev–Trinajstić information content (AvgIpc) is 2.84.